The summed E-state index contributed by atoms with van der Waals surface area (Å²) in [6, 6.07) is 1.89. The topological polar surface area (TPSA) is 34.9 Å². The molecule has 6 heteroatoms. The Morgan fingerprint density at radius 1 is 1.69 bits per heavy atom. The summed E-state index contributed by atoms with van der Waals surface area (Å²) in [6.07, 6.45) is 3.60. The fourth-order valence-corrected chi connectivity index (χ4v) is 3.61. The zero-order chi connectivity index (χ0) is 11.5. The molecule has 0 fully saturated rings. The average molecular weight is 317 g/mol. The van der Waals surface area contributed by atoms with Gasteiger partial charge in [-0.05, 0) is 27.4 Å². The molecule has 2 aromatic heterocycles. The first kappa shape index (κ1) is 11.9. The molecule has 2 rings (SSSR count). The van der Waals surface area contributed by atoms with E-state index in [1.165, 1.54) is 23.1 Å². The number of halogens is 1. The Balaban J connectivity index is 1.99. The smallest absolute Gasteiger partial charge is 0.184 e. The summed E-state index contributed by atoms with van der Waals surface area (Å²) in [5.41, 5.74) is 0. The SMILES string of the molecule is Cn1ccnc1SCC(=O)c1sccc1Br. The molecule has 0 radical (unpaired) electrons. The lowest BCUT2D eigenvalue weighted by Gasteiger charge is -2.00. The molecule has 0 amide bonds. The molecule has 0 spiro atoms. The van der Waals surface area contributed by atoms with Gasteiger partial charge in [0.05, 0.1) is 10.6 Å². The van der Waals surface area contributed by atoms with E-state index >= 15 is 0 Å². The summed E-state index contributed by atoms with van der Waals surface area (Å²) in [4.78, 5) is 16.8. The van der Waals surface area contributed by atoms with E-state index < -0.39 is 0 Å². The van der Waals surface area contributed by atoms with Gasteiger partial charge in [-0.15, -0.1) is 11.3 Å². The number of rotatable bonds is 4. The zero-order valence-electron chi connectivity index (χ0n) is 8.51. The van der Waals surface area contributed by atoms with Crippen molar-refractivity contribution in [2.45, 2.75) is 5.16 Å². The Hall–Kier alpha value is -0.590. The van der Waals surface area contributed by atoms with Crippen molar-refractivity contribution in [3.63, 3.8) is 0 Å². The maximum atomic E-state index is 11.9. The van der Waals surface area contributed by atoms with Crippen LogP contribution in [0.1, 0.15) is 9.67 Å². The van der Waals surface area contributed by atoms with Crippen LogP contribution in [0.25, 0.3) is 0 Å². The molecule has 0 saturated heterocycles. The lowest BCUT2D eigenvalue weighted by Crippen LogP contribution is -2.01. The quantitative estimate of drug-likeness (QED) is 0.641. The van der Waals surface area contributed by atoms with E-state index in [9.17, 15) is 4.79 Å². The van der Waals surface area contributed by atoms with Crippen molar-refractivity contribution in [1.82, 2.24) is 9.55 Å². The van der Waals surface area contributed by atoms with Crippen LogP contribution in [-0.2, 0) is 7.05 Å². The predicted molar refractivity (Wildman–Crippen MR) is 70.3 cm³/mol. The van der Waals surface area contributed by atoms with Gasteiger partial charge >= 0.3 is 0 Å². The van der Waals surface area contributed by atoms with Crippen LogP contribution >= 0.6 is 39.0 Å². The minimum absolute atomic E-state index is 0.134. The Labute approximate surface area is 110 Å². The summed E-state index contributed by atoms with van der Waals surface area (Å²) >= 11 is 6.28. The number of aryl methyl sites for hydroxylation is 1. The highest BCUT2D eigenvalue weighted by Crippen LogP contribution is 2.25. The van der Waals surface area contributed by atoms with Gasteiger partial charge < -0.3 is 4.57 Å². The van der Waals surface area contributed by atoms with E-state index in [4.69, 9.17) is 0 Å². The van der Waals surface area contributed by atoms with E-state index in [0.29, 0.717) is 5.75 Å². The summed E-state index contributed by atoms with van der Waals surface area (Å²) in [7, 11) is 1.92. The maximum absolute atomic E-state index is 11.9. The largest absolute Gasteiger partial charge is 0.329 e. The van der Waals surface area contributed by atoms with Crippen molar-refractivity contribution in [1.29, 1.82) is 0 Å². The molecule has 0 N–H and O–H groups in total. The Morgan fingerprint density at radius 2 is 2.50 bits per heavy atom. The minimum Gasteiger partial charge on any atom is -0.329 e. The third kappa shape index (κ3) is 2.56. The van der Waals surface area contributed by atoms with Gasteiger partial charge in [-0.2, -0.15) is 0 Å². The van der Waals surface area contributed by atoms with Gasteiger partial charge in [0.25, 0.3) is 0 Å². The number of nitrogens with zero attached hydrogens (tertiary/aromatic N) is 2. The molecule has 0 atom stereocenters. The van der Waals surface area contributed by atoms with E-state index in [2.05, 4.69) is 20.9 Å². The van der Waals surface area contributed by atoms with Crippen molar-refractivity contribution < 1.29 is 4.79 Å². The Bertz CT molecular complexity index is 506. The molecule has 0 unspecified atom stereocenters. The summed E-state index contributed by atoms with van der Waals surface area (Å²) in [5.74, 6) is 0.555. The number of aromatic nitrogens is 2. The Morgan fingerprint density at radius 3 is 3.06 bits per heavy atom. The van der Waals surface area contributed by atoms with Crippen molar-refractivity contribution >= 4 is 44.8 Å². The normalized spacial score (nSPS) is 10.6. The van der Waals surface area contributed by atoms with Gasteiger partial charge in [0.1, 0.15) is 0 Å². The third-order valence-electron chi connectivity index (χ3n) is 1.98. The van der Waals surface area contributed by atoms with Gasteiger partial charge in [-0.3, -0.25) is 4.79 Å². The molecule has 3 nitrogen and oxygen atoms in total. The van der Waals surface area contributed by atoms with Crippen LogP contribution < -0.4 is 0 Å². The molecule has 0 aliphatic rings. The van der Waals surface area contributed by atoms with Gasteiger partial charge in [0, 0.05) is 23.9 Å². The fraction of sp³-hybridized carbons (Fsp3) is 0.200. The monoisotopic (exact) mass is 316 g/mol. The number of thioether (sulfide) groups is 1. The zero-order valence-corrected chi connectivity index (χ0v) is 11.7. The lowest BCUT2D eigenvalue weighted by molar-refractivity contribution is 0.102. The van der Waals surface area contributed by atoms with E-state index in [0.717, 1.165) is 14.5 Å². The highest BCUT2D eigenvalue weighted by Gasteiger charge is 2.12. The van der Waals surface area contributed by atoms with Crippen molar-refractivity contribution in [3.8, 4) is 0 Å². The highest BCUT2D eigenvalue weighted by atomic mass is 79.9. The van der Waals surface area contributed by atoms with E-state index in [-0.39, 0.29) is 5.78 Å². The number of hydrogen-bond donors (Lipinski definition) is 0. The fourth-order valence-electron chi connectivity index (χ4n) is 1.18. The second-order valence-corrected chi connectivity index (χ2v) is 5.84. The molecular formula is C10H9BrN2OS2. The molecule has 2 aromatic rings. The summed E-state index contributed by atoms with van der Waals surface area (Å²) in [5, 5.41) is 2.77. The van der Waals surface area contributed by atoms with Gasteiger partial charge in [0.2, 0.25) is 0 Å². The number of ketones is 1. The number of carbonyl (C=O) groups is 1. The van der Waals surface area contributed by atoms with Crippen LogP contribution in [-0.4, -0.2) is 21.1 Å². The van der Waals surface area contributed by atoms with Gasteiger partial charge in [0.15, 0.2) is 10.9 Å². The number of thiophene rings is 1. The Kier molecular flexibility index (Phi) is 3.83. The molecular weight excluding hydrogens is 308 g/mol. The molecule has 0 aliphatic heterocycles. The maximum Gasteiger partial charge on any atom is 0.184 e. The van der Waals surface area contributed by atoms with Crippen molar-refractivity contribution in [3.05, 3.63) is 33.2 Å². The standard InChI is InChI=1S/C10H9BrN2OS2/c1-13-4-3-12-10(13)16-6-8(14)9-7(11)2-5-15-9/h2-5H,6H2,1H3. The van der Waals surface area contributed by atoms with Gasteiger partial charge in [-0.25, -0.2) is 4.98 Å². The lowest BCUT2D eigenvalue weighted by atomic mass is 10.3. The second kappa shape index (κ2) is 5.16. The first-order chi connectivity index (χ1) is 7.68. The third-order valence-corrected chi connectivity index (χ3v) is 4.92. The average Bonchev–Trinajstić information content (AvgIpc) is 2.84. The van der Waals surface area contributed by atoms with Crippen molar-refractivity contribution in [2.75, 3.05) is 5.75 Å². The number of carbonyl (C=O) groups excluding carboxylic acids is 1. The minimum atomic E-state index is 0.134. The van der Waals surface area contributed by atoms with Crippen LogP contribution in [0.3, 0.4) is 0 Å². The molecule has 84 valence electrons. The number of imidazole rings is 1. The van der Waals surface area contributed by atoms with Crippen LogP contribution in [0.4, 0.5) is 0 Å². The summed E-state index contributed by atoms with van der Waals surface area (Å²) < 4.78 is 2.78. The van der Waals surface area contributed by atoms with Gasteiger partial charge in [-0.1, -0.05) is 11.8 Å². The van der Waals surface area contributed by atoms with E-state index in [1.807, 2.05) is 29.3 Å². The second-order valence-electron chi connectivity index (χ2n) is 3.13. The van der Waals surface area contributed by atoms with Crippen molar-refractivity contribution in [2.24, 2.45) is 7.05 Å². The van der Waals surface area contributed by atoms with Crippen LogP contribution in [0.15, 0.2) is 33.5 Å². The number of hydrogen-bond acceptors (Lipinski definition) is 4. The van der Waals surface area contributed by atoms with E-state index in [1.54, 1.807) is 6.20 Å². The van der Waals surface area contributed by atoms with Crippen LogP contribution in [0.5, 0.6) is 0 Å². The first-order valence-corrected chi connectivity index (χ1v) is 7.20. The molecule has 0 bridgehead atoms. The molecule has 0 saturated carbocycles. The van der Waals surface area contributed by atoms with Crippen LogP contribution in [0, 0.1) is 0 Å². The predicted octanol–water partition coefficient (Wildman–Crippen LogP) is 3.22. The van der Waals surface area contributed by atoms with Crippen LogP contribution in [0.2, 0.25) is 0 Å². The number of Topliss-reactive ketones (excluding diaryl/α,β-unsaturated/α-hetero) is 1. The highest BCUT2D eigenvalue weighted by molar-refractivity contribution is 9.10. The molecule has 2 heterocycles. The molecule has 0 aliphatic carbocycles. The first-order valence-electron chi connectivity index (χ1n) is 4.55. The summed E-state index contributed by atoms with van der Waals surface area (Å²) in [6.45, 7) is 0. The molecule has 0 aromatic carbocycles. The molecule has 16 heavy (non-hydrogen) atoms.